The lowest BCUT2D eigenvalue weighted by Gasteiger charge is -2.41. The molecular formula is C35H43FN6O6. The summed E-state index contributed by atoms with van der Waals surface area (Å²) < 4.78 is 25.5. The molecular weight excluding hydrogens is 619 g/mol. The Kier molecular flexibility index (Phi) is 9.13. The first-order chi connectivity index (χ1) is 23.2. The van der Waals surface area contributed by atoms with Gasteiger partial charge in [-0.25, -0.2) is 18.8 Å². The fourth-order valence-electron chi connectivity index (χ4n) is 7.87. The van der Waals surface area contributed by atoms with Crippen molar-refractivity contribution in [3.8, 4) is 0 Å². The summed E-state index contributed by atoms with van der Waals surface area (Å²) in [5, 5.41) is 2.68. The minimum absolute atomic E-state index is 0.130. The number of aromatic amines is 1. The Balaban J connectivity index is 1.02. The summed E-state index contributed by atoms with van der Waals surface area (Å²) in [6.07, 6.45) is 5.07. The maximum atomic E-state index is 14.2. The van der Waals surface area contributed by atoms with Gasteiger partial charge in [0, 0.05) is 51.2 Å². The lowest BCUT2D eigenvalue weighted by atomic mass is 9.98. The van der Waals surface area contributed by atoms with Crippen molar-refractivity contribution in [2.24, 2.45) is 0 Å². The molecule has 2 N–H and O–H groups in total. The summed E-state index contributed by atoms with van der Waals surface area (Å²) in [6, 6.07) is 8.33. The quantitative estimate of drug-likeness (QED) is 0.394. The third-order valence-corrected chi connectivity index (χ3v) is 10.5. The number of H-pyrrole nitrogens is 1. The molecule has 2 aromatic carbocycles. The van der Waals surface area contributed by atoms with Crippen molar-refractivity contribution < 1.29 is 27.9 Å². The van der Waals surface area contributed by atoms with Gasteiger partial charge in [-0.15, -0.1) is 0 Å². The average Bonchev–Trinajstić information content (AvgIpc) is 3.49. The van der Waals surface area contributed by atoms with E-state index in [1.165, 1.54) is 25.3 Å². The van der Waals surface area contributed by atoms with Crippen molar-refractivity contribution in [1.82, 2.24) is 24.6 Å². The third-order valence-electron chi connectivity index (χ3n) is 10.5. The van der Waals surface area contributed by atoms with Crippen LogP contribution in [0.3, 0.4) is 0 Å². The molecule has 12 nitrogen and oxygen atoms in total. The highest BCUT2D eigenvalue weighted by Gasteiger charge is 2.37. The number of ether oxygens (including phenoxy) is 1. The van der Waals surface area contributed by atoms with Crippen molar-refractivity contribution in [3.05, 3.63) is 63.4 Å². The van der Waals surface area contributed by atoms with Crippen LogP contribution < -0.4 is 11.1 Å². The molecule has 4 aliphatic rings. The van der Waals surface area contributed by atoms with Crippen LogP contribution >= 0.6 is 0 Å². The van der Waals surface area contributed by atoms with E-state index in [-0.39, 0.29) is 30.1 Å². The molecule has 4 amide bonds. The maximum absolute atomic E-state index is 14.2. The van der Waals surface area contributed by atoms with Gasteiger partial charge in [0.05, 0.1) is 11.2 Å². The van der Waals surface area contributed by atoms with Crippen LogP contribution in [-0.2, 0) is 22.5 Å². The SMILES string of the molecule is Cc1cc(CC(OC(=O)N2CCC(N3Cc4cccc(F)c4NC3=O)CC2)C(=O)N2CCC(N3CCCCC3)CC2)cc2oc(=O)[nH]c12. The maximum Gasteiger partial charge on any atom is 0.417 e. The minimum atomic E-state index is -1.05. The molecule has 0 radical (unpaired) electrons. The molecule has 5 heterocycles. The highest BCUT2D eigenvalue weighted by molar-refractivity contribution is 5.92. The van der Waals surface area contributed by atoms with Crippen molar-refractivity contribution in [2.75, 3.05) is 44.6 Å². The molecule has 1 unspecified atom stereocenters. The van der Waals surface area contributed by atoms with Gasteiger partial charge in [0.25, 0.3) is 5.91 Å². The summed E-state index contributed by atoms with van der Waals surface area (Å²) in [7, 11) is 0. The van der Waals surface area contributed by atoms with E-state index in [9.17, 15) is 23.6 Å². The molecule has 0 saturated carbocycles. The summed E-state index contributed by atoms with van der Waals surface area (Å²) in [5.41, 5.74) is 3.45. The Bertz CT molecular complexity index is 1730. The number of para-hydroxylation sites is 1. The number of carbonyl (C=O) groups excluding carboxylic acids is 3. The van der Waals surface area contributed by atoms with E-state index in [0.29, 0.717) is 68.3 Å². The van der Waals surface area contributed by atoms with E-state index < -0.39 is 23.8 Å². The number of likely N-dealkylation sites (tertiary alicyclic amines) is 3. The number of nitrogens with zero attached hydrogens (tertiary/aromatic N) is 4. The average molecular weight is 663 g/mol. The number of nitrogens with one attached hydrogen (secondary N) is 2. The number of aromatic nitrogens is 1. The van der Waals surface area contributed by atoms with Gasteiger partial charge < -0.3 is 34.1 Å². The first-order valence-corrected chi connectivity index (χ1v) is 17.2. The number of oxazole rings is 1. The first-order valence-electron chi connectivity index (χ1n) is 17.2. The molecule has 7 rings (SSSR count). The molecule has 1 atom stereocenters. The number of halogens is 1. The predicted molar refractivity (Wildman–Crippen MR) is 176 cm³/mol. The van der Waals surface area contributed by atoms with Crippen molar-refractivity contribution in [2.45, 2.75) is 83.0 Å². The van der Waals surface area contributed by atoms with Crippen molar-refractivity contribution in [3.63, 3.8) is 0 Å². The zero-order chi connectivity index (χ0) is 33.4. The number of amides is 4. The minimum Gasteiger partial charge on any atom is -0.436 e. The molecule has 0 aliphatic carbocycles. The Hall–Kier alpha value is -4.39. The van der Waals surface area contributed by atoms with Crippen molar-refractivity contribution >= 4 is 34.8 Å². The Morgan fingerprint density at radius 3 is 2.42 bits per heavy atom. The zero-order valence-electron chi connectivity index (χ0n) is 27.3. The van der Waals surface area contributed by atoms with E-state index in [0.717, 1.165) is 37.1 Å². The number of aryl methyl sites for hydroxylation is 1. The second-order valence-electron chi connectivity index (χ2n) is 13.6. The standard InChI is InChI=1S/C35H43FN6O6/c1-22-18-23(19-28-30(22)38-34(45)47-28)20-29(32(43)40-14-8-25(9-15-40)39-12-3-2-4-13-39)48-35(46)41-16-10-26(11-17-41)42-21-24-6-5-7-27(36)31(24)37-33(42)44/h5-7,18-19,25-26,29H,2-4,8-17,20-21H2,1H3,(H,37,44)(H,38,45). The fraction of sp³-hybridized carbons (Fsp3) is 0.543. The molecule has 3 saturated heterocycles. The third kappa shape index (κ3) is 6.65. The van der Waals surface area contributed by atoms with Gasteiger partial charge in [-0.2, -0.15) is 0 Å². The predicted octanol–water partition coefficient (Wildman–Crippen LogP) is 4.61. The van der Waals surface area contributed by atoms with Gasteiger partial charge in [-0.1, -0.05) is 24.6 Å². The van der Waals surface area contributed by atoms with Crippen molar-refractivity contribution in [1.29, 1.82) is 0 Å². The molecule has 48 heavy (non-hydrogen) atoms. The Morgan fingerprint density at radius 1 is 0.958 bits per heavy atom. The van der Waals surface area contributed by atoms with E-state index in [1.807, 2.05) is 17.9 Å². The van der Waals surface area contributed by atoms with Crippen LogP contribution in [0.4, 0.5) is 19.7 Å². The van der Waals surface area contributed by atoms with Gasteiger partial charge in [0.2, 0.25) is 0 Å². The summed E-state index contributed by atoms with van der Waals surface area (Å²) in [4.78, 5) is 62.7. The molecule has 256 valence electrons. The summed E-state index contributed by atoms with van der Waals surface area (Å²) in [5.74, 6) is -1.23. The molecule has 3 aromatic rings. The van der Waals surface area contributed by atoms with Crippen LogP contribution in [0.15, 0.2) is 39.5 Å². The van der Waals surface area contributed by atoms with Gasteiger partial charge in [-0.05, 0) is 87.4 Å². The summed E-state index contributed by atoms with van der Waals surface area (Å²) in [6.45, 7) is 6.29. The molecule has 13 heteroatoms. The second kappa shape index (κ2) is 13.6. The number of fused-ring (bicyclic) bond motifs is 2. The van der Waals surface area contributed by atoms with Crippen LogP contribution in [0.1, 0.15) is 61.6 Å². The second-order valence-corrected chi connectivity index (χ2v) is 13.6. The van der Waals surface area contributed by atoms with Crippen LogP contribution in [0, 0.1) is 12.7 Å². The smallest absolute Gasteiger partial charge is 0.417 e. The van der Waals surface area contributed by atoms with E-state index in [2.05, 4.69) is 15.2 Å². The van der Waals surface area contributed by atoms with Gasteiger partial charge >= 0.3 is 17.9 Å². The number of rotatable bonds is 6. The largest absolute Gasteiger partial charge is 0.436 e. The van der Waals surface area contributed by atoms with Crippen LogP contribution in [0.5, 0.6) is 0 Å². The lowest BCUT2D eigenvalue weighted by Crippen LogP contribution is -2.53. The van der Waals surface area contributed by atoms with Gasteiger partial charge in [0.15, 0.2) is 11.7 Å². The topological polar surface area (TPSA) is 131 Å². The first kappa shape index (κ1) is 32.2. The summed E-state index contributed by atoms with van der Waals surface area (Å²) >= 11 is 0. The number of benzene rings is 2. The lowest BCUT2D eigenvalue weighted by molar-refractivity contribution is -0.142. The highest BCUT2D eigenvalue weighted by Crippen LogP contribution is 2.30. The highest BCUT2D eigenvalue weighted by atomic mass is 19.1. The van der Waals surface area contributed by atoms with E-state index in [1.54, 1.807) is 28.0 Å². The number of hydrogen-bond acceptors (Lipinski definition) is 7. The number of piperidine rings is 3. The fourth-order valence-corrected chi connectivity index (χ4v) is 7.87. The van der Waals surface area contributed by atoms with Gasteiger partial charge in [-0.3, -0.25) is 9.78 Å². The molecule has 4 aliphatic heterocycles. The number of carbonyl (C=O) groups is 3. The van der Waals surface area contributed by atoms with Crippen LogP contribution in [-0.4, -0.2) is 100 Å². The molecule has 0 spiro atoms. The Labute approximate surface area is 278 Å². The number of anilines is 1. The van der Waals surface area contributed by atoms with Gasteiger partial charge in [0.1, 0.15) is 5.82 Å². The van der Waals surface area contributed by atoms with E-state index in [4.69, 9.17) is 9.15 Å². The normalized spacial score (nSPS) is 20.5. The number of hydrogen-bond donors (Lipinski definition) is 2. The zero-order valence-corrected chi connectivity index (χ0v) is 27.3. The Morgan fingerprint density at radius 2 is 1.67 bits per heavy atom. The molecule has 3 fully saturated rings. The monoisotopic (exact) mass is 662 g/mol. The number of urea groups is 1. The van der Waals surface area contributed by atoms with Crippen LogP contribution in [0.25, 0.3) is 11.1 Å². The molecule has 0 bridgehead atoms. The van der Waals surface area contributed by atoms with Crippen LogP contribution in [0.2, 0.25) is 0 Å². The van der Waals surface area contributed by atoms with E-state index >= 15 is 0 Å². The molecule has 1 aromatic heterocycles.